The minimum Gasteiger partial charge on any atom is -0.319 e. The summed E-state index contributed by atoms with van der Waals surface area (Å²) in [6.07, 6.45) is 2.66. The third-order valence-electron chi connectivity index (χ3n) is 2.75. The summed E-state index contributed by atoms with van der Waals surface area (Å²) in [6, 6.07) is 0. The Morgan fingerprint density at radius 2 is 2.15 bits per heavy atom. The zero-order chi connectivity index (χ0) is 9.47. The number of hydrogen-bond donors (Lipinski definition) is 1. The molecule has 0 bridgehead atoms. The lowest BCUT2D eigenvalue weighted by atomic mass is 10.0. The molecule has 1 aliphatic carbocycles. The summed E-state index contributed by atoms with van der Waals surface area (Å²) >= 11 is 1.87. The van der Waals surface area contributed by atoms with Gasteiger partial charge in [-0.15, -0.1) is 11.3 Å². The lowest BCUT2D eigenvalue weighted by Gasteiger charge is -2.12. The smallest absolute Gasteiger partial charge is 0.0900 e. The number of hydrogen-bond acceptors (Lipinski definition) is 3. The van der Waals surface area contributed by atoms with E-state index in [-0.39, 0.29) is 0 Å². The Morgan fingerprint density at radius 3 is 2.54 bits per heavy atom. The van der Waals surface area contributed by atoms with Crippen LogP contribution in [0.25, 0.3) is 0 Å². The van der Waals surface area contributed by atoms with E-state index in [0.29, 0.717) is 5.41 Å². The highest BCUT2D eigenvalue weighted by molar-refractivity contribution is 7.11. The number of nitrogens with one attached hydrogen (secondary N) is 1. The van der Waals surface area contributed by atoms with Crippen LogP contribution in [-0.4, -0.2) is 18.6 Å². The van der Waals surface area contributed by atoms with Gasteiger partial charge in [0.15, 0.2) is 0 Å². The molecule has 1 aromatic heterocycles. The fourth-order valence-corrected chi connectivity index (χ4v) is 3.16. The Hall–Kier alpha value is -0.410. The molecular formula is C10H16N2S. The van der Waals surface area contributed by atoms with E-state index in [1.54, 1.807) is 0 Å². The molecule has 72 valence electrons. The van der Waals surface area contributed by atoms with Crippen molar-refractivity contribution >= 4 is 11.3 Å². The zero-order valence-corrected chi connectivity index (χ0v) is 9.29. The van der Waals surface area contributed by atoms with Crippen LogP contribution in [0.5, 0.6) is 0 Å². The molecule has 0 saturated heterocycles. The fraction of sp³-hybridized carbons (Fsp3) is 0.700. The normalized spacial score (nSPS) is 19.0. The van der Waals surface area contributed by atoms with Crippen LogP contribution in [0.2, 0.25) is 0 Å². The second kappa shape index (κ2) is 3.07. The standard InChI is InChI=1S/C10H16N2S/c1-7-9(13-8(2)12-7)10(4-5-10)6-11-3/h11H,4-6H2,1-3H3. The number of likely N-dealkylation sites (N-methyl/N-ethyl adjacent to an activating group) is 1. The molecule has 0 aliphatic heterocycles. The second-order valence-corrected chi connectivity index (χ2v) is 5.16. The van der Waals surface area contributed by atoms with Crippen molar-refractivity contribution in [2.24, 2.45) is 0 Å². The van der Waals surface area contributed by atoms with E-state index in [4.69, 9.17) is 0 Å². The predicted octanol–water partition coefficient (Wildman–Crippen LogP) is 2.01. The predicted molar refractivity (Wildman–Crippen MR) is 56.4 cm³/mol. The molecule has 0 spiro atoms. The molecule has 3 heteroatoms. The molecule has 1 heterocycles. The molecule has 1 aromatic rings. The third-order valence-corrected chi connectivity index (χ3v) is 4.07. The van der Waals surface area contributed by atoms with Crippen LogP contribution < -0.4 is 5.32 Å². The first-order chi connectivity index (χ1) is 6.18. The topological polar surface area (TPSA) is 24.9 Å². The molecule has 0 radical (unpaired) electrons. The number of thiazole rings is 1. The Labute approximate surface area is 83.4 Å². The Bertz CT molecular complexity index is 313. The first kappa shape index (κ1) is 9.16. The maximum Gasteiger partial charge on any atom is 0.0900 e. The van der Waals surface area contributed by atoms with E-state index >= 15 is 0 Å². The zero-order valence-electron chi connectivity index (χ0n) is 8.48. The second-order valence-electron chi connectivity index (χ2n) is 3.96. The average molecular weight is 196 g/mol. The summed E-state index contributed by atoms with van der Waals surface area (Å²) in [6.45, 7) is 5.33. The van der Waals surface area contributed by atoms with Gasteiger partial charge >= 0.3 is 0 Å². The SMILES string of the molecule is CNCC1(c2sc(C)nc2C)CC1. The Kier molecular flexibility index (Phi) is 2.16. The third kappa shape index (κ3) is 1.51. The van der Waals surface area contributed by atoms with Gasteiger partial charge in [-0.3, -0.25) is 0 Å². The summed E-state index contributed by atoms with van der Waals surface area (Å²) in [5.74, 6) is 0. The van der Waals surface area contributed by atoms with Crippen molar-refractivity contribution in [3.63, 3.8) is 0 Å². The summed E-state index contributed by atoms with van der Waals surface area (Å²) in [5.41, 5.74) is 1.69. The lowest BCUT2D eigenvalue weighted by Crippen LogP contribution is -2.23. The van der Waals surface area contributed by atoms with Gasteiger partial charge in [0, 0.05) is 16.8 Å². The minimum absolute atomic E-state index is 0.449. The minimum atomic E-state index is 0.449. The highest BCUT2D eigenvalue weighted by atomic mass is 32.1. The van der Waals surface area contributed by atoms with E-state index in [2.05, 4.69) is 24.1 Å². The van der Waals surface area contributed by atoms with Crippen LogP contribution in [0.3, 0.4) is 0 Å². The molecule has 0 aromatic carbocycles. The van der Waals surface area contributed by atoms with Gasteiger partial charge in [-0.2, -0.15) is 0 Å². The fourth-order valence-electron chi connectivity index (χ4n) is 2.00. The van der Waals surface area contributed by atoms with Crippen molar-refractivity contribution in [3.8, 4) is 0 Å². The number of aryl methyl sites for hydroxylation is 2. The van der Waals surface area contributed by atoms with Crippen molar-refractivity contribution in [3.05, 3.63) is 15.6 Å². The van der Waals surface area contributed by atoms with E-state index in [9.17, 15) is 0 Å². The van der Waals surface area contributed by atoms with Gasteiger partial charge in [-0.1, -0.05) is 0 Å². The van der Waals surface area contributed by atoms with Gasteiger partial charge < -0.3 is 5.32 Å². The summed E-state index contributed by atoms with van der Waals surface area (Å²) in [4.78, 5) is 6.00. The van der Waals surface area contributed by atoms with Crippen LogP contribution in [0.4, 0.5) is 0 Å². The number of aromatic nitrogens is 1. The molecule has 1 saturated carbocycles. The van der Waals surface area contributed by atoms with E-state index < -0.39 is 0 Å². The van der Waals surface area contributed by atoms with Crippen molar-refractivity contribution in [1.82, 2.24) is 10.3 Å². The van der Waals surface area contributed by atoms with Gasteiger partial charge in [0.2, 0.25) is 0 Å². The van der Waals surface area contributed by atoms with Crippen molar-refractivity contribution in [2.45, 2.75) is 32.1 Å². The number of nitrogens with zero attached hydrogens (tertiary/aromatic N) is 1. The maximum absolute atomic E-state index is 4.49. The quantitative estimate of drug-likeness (QED) is 0.800. The van der Waals surface area contributed by atoms with Gasteiger partial charge in [-0.25, -0.2) is 4.98 Å². The molecule has 13 heavy (non-hydrogen) atoms. The highest BCUT2D eigenvalue weighted by Crippen LogP contribution is 2.50. The molecule has 2 rings (SSSR count). The van der Waals surface area contributed by atoms with Gasteiger partial charge in [0.25, 0.3) is 0 Å². The van der Waals surface area contributed by atoms with Crippen LogP contribution in [0, 0.1) is 13.8 Å². The van der Waals surface area contributed by atoms with Crippen molar-refractivity contribution in [2.75, 3.05) is 13.6 Å². The molecule has 1 aliphatic rings. The molecule has 1 fully saturated rings. The maximum atomic E-state index is 4.49. The monoisotopic (exact) mass is 196 g/mol. The molecule has 2 nitrogen and oxygen atoms in total. The van der Waals surface area contributed by atoms with Gasteiger partial charge in [0.1, 0.15) is 0 Å². The molecule has 0 unspecified atom stereocenters. The Morgan fingerprint density at radius 1 is 1.46 bits per heavy atom. The van der Waals surface area contributed by atoms with E-state index in [1.165, 1.54) is 28.4 Å². The lowest BCUT2D eigenvalue weighted by molar-refractivity contribution is 0.630. The van der Waals surface area contributed by atoms with Crippen LogP contribution in [0.1, 0.15) is 28.4 Å². The van der Waals surface area contributed by atoms with Crippen molar-refractivity contribution in [1.29, 1.82) is 0 Å². The number of rotatable bonds is 3. The van der Waals surface area contributed by atoms with Gasteiger partial charge in [0.05, 0.1) is 10.7 Å². The highest BCUT2D eigenvalue weighted by Gasteiger charge is 2.46. The Balaban J connectivity index is 2.29. The van der Waals surface area contributed by atoms with Crippen LogP contribution >= 0.6 is 11.3 Å². The first-order valence-corrected chi connectivity index (χ1v) is 5.59. The summed E-state index contributed by atoms with van der Waals surface area (Å²) in [7, 11) is 2.03. The van der Waals surface area contributed by atoms with E-state index in [1.807, 2.05) is 18.4 Å². The average Bonchev–Trinajstić information content (AvgIpc) is 2.74. The molecule has 0 atom stereocenters. The first-order valence-electron chi connectivity index (χ1n) is 4.77. The van der Waals surface area contributed by atoms with Crippen LogP contribution in [-0.2, 0) is 5.41 Å². The van der Waals surface area contributed by atoms with E-state index in [0.717, 1.165) is 6.54 Å². The van der Waals surface area contributed by atoms with Crippen molar-refractivity contribution < 1.29 is 0 Å². The molecule has 1 N–H and O–H groups in total. The molecular weight excluding hydrogens is 180 g/mol. The van der Waals surface area contributed by atoms with Gasteiger partial charge in [-0.05, 0) is 33.7 Å². The largest absolute Gasteiger partial charge is 0.319 e. The summed E-state index contributed by atoms with van der Waals surface area (Å²) < 4.78 is 0. The molecule has 0 amide bonds. The summed E-state index contributed by atoms with van der Waals surface area (Å²) in [5, 5.41) is 4.49. The van der Waals surface area contributed by atoms with Crippen LogP contribution in [0.15, 0.2) is 0 Å².